The molecule has 0 saturated heterocycles. The van der Waals surface area contributed by atoms with E-state index in [0.717, 1.165) is 33.9 Å². The highest BCUT2D eigenvalue weighted by molar-refractivity contribution is 5.69. The molecule has 0 aliphatic rings. The molecule has 0 saturated carbocycles. The second kappa shape index (κ2) is 8.77. The Morgan fingerprint density at radius 3 is 2.56 bits per heavy atom. The predicted molar refractivity (Wildman–Crippen MR) is 121 cm³/mol. The van der Waals surface area contributed by atoms with Crippen molar-refractivity contribution in [1.82, 2.24) is 24.5 Å². The lowest BCUT2D eigenvalue weighted by molar-refractivity contribution is 0.295. The lowest BCUT2D eigenvalue weighted by Gasteiger charge is -2.14. The second-order valence-electron chi connectivity index (χ2n) is 7.10. The van der Waals surface area contributed by atoms with E-state index in [2.05, 4.69) is 15.2 Å². The van der Waals surface area contributed by atoms with E-state index in [0.29, 0.717) is 12.5 Å². The number of aromatic nitrogens is 5. The van der Waals surface area contributed by atoms with Crippen LogP contribution in [0.2, 0.25) is 0 Å². The van der Waals surface area contributed by atoms with Gasteiger partial charge in [0.25, 0.3) is 0 Å². The van der Waals surface area contributed by atoms with Crippen LogP contribution in [0.15, 0.2) is 97.6 Å². The number of pyridine rings is 1. The molecule has 0 atom stereocenters. The molecule has 0 aliphatic carbocycles. The van der Waals surface area contributed by atoms with Crippen LogP contribution in [0.25, 0.3) is 22.6 Å². The molecule has 3 heterocycles. The highest BCUT2D eigenvalue weighted by atomic mass is 16.5. The van der Waals surface area contributed by atoms with E-state index in [1.165, 1.54) is 0 Å². The summed E-state index contributed by atoms with van der Waals surface area (Å²) in [6.45, 7) is 0.412. The van der Waals surface area contributed by atoms with Gasteiger partial charge in [0.2, 0.25) is 5.88 Å². The minimum Gasteiger partial charge on any atom is -0.497 e. The number of ether oxygens (including phenoxy) is 2. The van der Waals surface area contributed by atoms with Gasteiger partial charge in [-0.05, 0) is 35.9 Å². The highest BCUT2D eigenvalue weighted by Gasteiger charge is 2.16. The van der Waals surface area contributed by atoms with Crippen LogP contribution >= 0.6 is 0 Å². The zero-order chi connectivity index (χ0) is 21.8. The molecule has 0 bridgehead atoms. The van der Waals surface area contributed by atoms with Gasteiger partial charge in [0, 0.05) is 18.5 Å². The maximum Gasteiger partial charge on any atom is 0.223 e. The Morgan fingerprint density at radius 2 is 1.75 bits per heavy atom. The van der Waals surface area contributed by atoms with Crippen LogP contribution in [0.4, 0.5) is 0 Å². The largest absolute Gasteiger partial charge is 0.497 e. The van der Waals surface area contributed by atoms with Crippen molar-refractivity contribution in [2.24, 2.45) is 0 Å². The first-order valence-electron chi connectivity index (χ1n) is 10.2. The minimum atomic E-state index is 0.412. The first kappa shape index (κ1) is 19.6. The van der Waals surface area contributed by atoms with E-state index in [9.17, 15) is 0 Å². The number of rotatable bonds is 7. The van der Waals surface area contributed by atoms with Crippen molar-refractivity contribution in [2.75, 3.05) is 7.11 Å². The van der Waals surface area contributed by atoms with Crippen LogP contribution in [-0.4, -0.2) is 31.7 Å². The van der Waals surface area contributed by atoms with Crippen LogP contribution in [0.3, 0.4) is 0 Å². The average molecular weight is 423 g/mol. The summed E-state index contributed by atoms with van der Waals surface area (Å²) < 4.78 is 15.2. The fraction of sp³-hybridized carbons (Fsp3) is 0.0800. The Balaban J connectivity index is 1.58. The van der Waals surface area contributed by atoms with Gasteiger partial charge in [0.15, 0.2) is 0 Å². The van der Waals surface area contributed by atoms with E-state index in [1.54, 1.807) is 30.4 Å². The maximum absolute atomic E-state index is 6.15. The van der Waals surface area contributed by atoms with Gasteiger partial charge in [-0.1, -0.05) is 36.4 Å². The second-order valence-corrected chi connectivity index (χ2v) is 7.10. The van der Waals surface area contributed by atoms with Crippen LogP contribution in [0, 0.1) is 0 Å². The van der Waals surface area contributed by atoms with Crippen molar-refractivity contribution in [3.63, 3.8) is 0 Å². The van der Waals surface area contributed by atoms with Crippen molar-refractivity contribution in [2.45, 2.75) is 6.61 Å². The van der Waals surface area contributed by atoms with Crippen LogP contribution in [0.5, 0.6) is 11.6 Å². The smallest absolute Gasteiger partial charge is 0.223 e. The van der Waals surface area contributed by atoms with Gasteiger partial charge >= 0.3 is 0 Å². The van der Waals surface area contributed by atoms with Gasteiger partial charge in [0.1, 0.15) is 12.4 Å². The van der Waals surface area contributed by atoms with E-state index >= 15 is 0 Å². The Hall–Kier alpha value is -4.39. The van der Waals surface area contributed by atoms with Crippen molar-refractivity contribution < 1.29 is 9.47 Å². The quantitative estimate of drug-likeness (QED) is 0.379. The maximum atomic E-state index is 6.15. The van der Waals surface area contributed by atoms with E-state index in [-0.39, 0.29) is 0 Å². The number of benzene rings is 2. The summed E-state index contributed by atoms with van der Waals surface area (Å²) in [6.07, 6.45) is 7.13. The van der Waals surface area contributed by atoms with Crippen molar-refractivity contribution in [3.05, 3.63) is 103 Å². The zero-order valence-corrected chi connectivity index (χ0v) is 17.5. The van der Waals surface area contributed by atoms with E-state index < -0.39 is 0 Å². The molecule has 0 N–H and O–H groups in total. The summed E-state index contributed by atoms with van der Waals surface area (Å²) in [7, 11) is 1.65. The molecule has 0 aliphatic heterocycles. The standard InChI is InChI=1S/C25H21N5O2/c1-31-22-10-5-9-20(15-22)30-24(11-13-28-30)23-16-21(29-14-6-12-27-29)17-26-25(23)32-18-19-7-3-2-4-8-19/h2-17H,18H2,1H3. The number of methoxy groups -OCH3 is 1. The molecule has 0 amide bonds. The monoisotopic (exact) mass is 423 g/mol. The number of hydrogen-bond donors (Lipinski definition) is 0. The molecule has 158 valence electrons. The SMILES string of the molecule is COc1cccc(-n2nccc2-c2cc(-n3cccn3)cnc2OCc2ccccc2)c1. The highest BCUT2D eigenvalue weighted by Crippen LogP contribution is 2.32. The van der Waals surface area contributed by atoms with Gasteiger partial charge in [0.05, 0.1) is 42.1 Å². The molecule has 5 aromatic rings. The summed E-state index contributed by atoms with van der Waals surface area (Å²) in [5, 5.41) is 8.88. The van der Waals surface area contributed by atoms with Crippen molar-refractivity contribution in [1.29, 1.82) is 0 Å². The summed E-state index contributed by atoms with van der Waals surface area (Å²) >= 11 is 0. The first-order valence-corrected chi connectivity index (χ1v) is 10.2. The lowest BCUT2D eigenvalue weighted by Crippen LogP contribution is -2.05. The summed E-state index contributed by atoms with van der Waals surface area (Å²) in [5.74, 6) is 1.28. The fourth-order valence-electron chi connectivity index (χ4n) is 3.47. The van der Waals surface area contributed by atoms with E-state index in [1.807, 2.05) is 83.7 Å². The van der Waals surface area contributed by atoms with Crippen LogP contribution < -0.4 is 9.47 Å². The topological polar surface area (TPSA) is 67.0 Å². The minimum absolute atomic E-state index is 0.412. The van der Waals surface area contributed by atoms with Crippen molar-refractivity contribution >= 4 is 0 Å². The van der Waals surface area contributed by atoms with Crippen LogP contribution in [-0.2, 0) is 6.61 Å². The normalized spacial score (nSPS) is 10.8. The first-order chi connectivity index (χ1) is 15.8. The lowest BCUT2D eigenvalue weighted by atomic mass is 10.1. The summed E-state index contributed by atoms with van der Waals surface area (Å²) in [5.41, 5.74) is 4.44. The Kier molecular flexibility index (Phi) is 5.36. The molecule has 0 spiro atoms. The third-order valence-corrected chi connectivity index (χ3v) is 5.04. The Morgan fingerprint density at radius 1 is 0.844 bits per heavy atom. The van der Waals surface area contributed by atoms with Crippen LogP contribution in [0.1, 0.15) is 5.56 Å². The number of nitrogens with zero attached hydrogens (tertiary/aromatic N) is 5. The molecule has 0 radical (unpaired) electrons. The van der Waals surface area contributed by atoms with Gasteiger partial charge < -0.3 is 9.47 Å². The molecule has 32 heavy (non-hydrogen) atoms. The molecule has 7 heteroatoms. The molecule has 2 aromatic carbocycles. The predicted octanol–water partition coefficient (Wildman–Crippen LogP) is 4.71. The van der Waals surface area contributed by atoms with Gasteiger partial charge in [-0.15, -0.1) is 0 Å². The third kappa shape index (κ3) is 3.96. The average Bonchev–Trinajstić information content (AvgIpc) is 3.56. The molecule has 0 unspecified atom stereocenters. The van der Waals surface area contributed by atoms with E-state index in [4.69, 9.17) is 9.47 Å². The molecule has 7 nitrogen and oxygen atoms in total. The molecule has 5 rings (SSSR count). The molecule has 3 aromatic heterocycles. The third-order valence-electron chi connectivity index (χ3n) is 5.04. The fourth-order valence-corrected chi connectivity index (χ4v) is 3.47. The zero-order valence-electron chi connectivity index (χ0n) is 17.5. The van der Waals surface area contributed by atoms with Gasteiger partial charge in [-0.25, -0.2) is 14.3 Å². The van der Waals surface area contributed by atoms with Crippen molar-refractivity contribution in [3.8, 4) is 34.3 Å². The Labute approximate surface area is 185 Å². The summed E-state index contributed by atoms with van der Waals surface area (Å²) in [6, 6.07) is 23.6. The van der Waals surface area contributed by atoms with Gasteiger partial charge in [-0.3, -0.25) is 0 Å². The molecule has 0 fully saturated rings. The summed E-state index contributed by atoms with van der Waals surface area (Å²) in [4.78, 5) is 4.63. The number of hydrogen-bond acceptors (Lipinski definition) is 5. The Bertz CT molecular complexity index is 1310. The molecular weight excluding hydrogens is 402 g/mol. The molecular formula is C25H21N5O2. The van der Waals surface area contributed by atoms with Gasteiger partial charge in [-0.2, -0.15) is 10.2 Å².